The van der Waals surface area contributed by atoms with E-state index in [1.54, 1.807) is 11.8 Å². The molecule has 0 radical (unpaired) electrons. The summed E-state index contributed by atoms with van der Waals surface area (Å²) in [5.41, 5.74) is 8.39. The Morgan fingerprint density at radius 2 is 2.05 bits per heavy atom. The number of hydrogen-bond acceptors (Lipinski definition) is 3. The molecule has 0 spiro atoms. The van der Waals surface area contributed by atoms with E-state index in [9.17, 15) is 4.79 Å². The first kappa shape index (κ1) is 13.9. The fourth-order valence-electron chi connectivity index (χ4n) is 2.40. The predicted octanol–water partition coefficient (Wildman–Crippen LogP) is 3.35. The molecular weight excluding hydrogens is 332 g/mol. The van der Waals surface area contributed by atoms with Crippen LogP contribution in [-0.2, 0) is 11.3 Å². The number of halogens is 1. The van der Waals surface area contributed by atoms with Gasteiger partial charge in [-0.05, 0) is 36.8 Å². The van der Waals surface area contributed by atoms with Gasteiger partial charge in [-0.1, -0.05) is 34.1 Å². The number of nitrogens with two attached hydrogens (primary N) is 1. The van der Waals surface area contributed by atoms with Crippen molar-refractivity contribution in [2.45, 2.75) is 19.6 Å². The summed E-state index contributed by atoms with van der Waals surface area (Å²) in [4.78, 5) is 14.1. The molecule has 1 aliphatic heterocycles. The lowest BCUT2D eigenvalue weighted by Crippen LogP contribution is -2.44. The van der Waals surface area contributed by atoms with Crippen LogP contribution in [0.2, 0.25) is 0 Å². The van der Waals surface area contributed by atoms with Crippen molar-refractivity contribution in [3.05, 3.63) is 52.5 Å². The molecule has 1 heterocycles. The van der Waals surface area contributed by atoms with Gasteiger partial charge in [0.25, 0.3) is 5.91 Å². The van der Waals surface area contributed by atoms with Gasteiger partial charge in [-0.2, -0.15) is 0 Å². The van der Waals surface area contributed by atoms with E-state index in [1.165, 1.54) is 0 Å². The SMILES string of the molecule is CC1Oc2ccccc2N(Cc2ccc(Br)cc2N)C1=O. The molecule has 21 heavy (non-hydrogen) atoms. The molecule has 2 aromatic rings. The minimum atomic E-state index is -0.489. The summed E-state index contributed by atoms with van der Waals surface area (Å²) in [5, 5.41) is 0. The lowest BCUT2D eigenvalue weighted by molar-refractivity contribution is -0.125. The van der Waals surface area contributed by atoms with Crippen LogP contribution in [0.25, 0.3) is 0 Å². The smallest absolute Gasteiger partial charge is 0.268 e. The number of carbonyl (C=O) groups excluding carboxylic acids is 1. The van der Waals surface area contributed by atoms with Gasteiger partial charge in [0, 0.05) is 10.2 Å². The molecule has 0 fully saturated rings. The molecule has 0 aliphatic carbocycles. The third-order valence-corrected chi connectivity index (χ3v) is 4.00. The zero-order chi connectivity index (χ0) is 15.0. The average molecular weight is 347 g/mol. The van der Waals surface area contributed by atoms with Gasteiger partial charge in [0.15, 0.2) is 6.10 Å². The van der Waals surface area contributed by atoms with Gasteiger partial charge in [0.1, 0.15) is 5.75 Å². The predicted molar refractivity (Wildman–Crippen MR) is 86.3 cm³/mol. The van der Waals surface area contributed by atoms with E-state index in [0.717, 1.165) is 21.5 Å². The van der Waals surface area contributed by atoms with E-state index >= 15 is 0 Å². The number of anilines is 2. The number of carbonyl (C=O) groups is 1. The van der Waals surface area contributed by atoms with Crippen molar-refractivity contribution in [3.8, 4) is 5.75 Å². The molecule has 1 unspecified atom stereocenters. The summed E-state index contributed by atoms with van der Waals surface area (Å²) in [6.07, 6.45) is -0.489. The Morgan fingerprint density at radius 1 is 1.29 bits per heavy atom. The molecule has 3 rings (SSSR count). The Morgan fingerprint density at radius 3 is 2.81 bits per heavy atom. The number of benzene rings is 2. The topological polar surface area (TPSA) is 55.6 Å². The molecule has 1 atom stereocenters. The van der Waals surface area contributed by atoms with Crippen molar-refractivity contribution >= 4 is 33.2 Å². The number of hydrogen-bond donors (Lipinski definition) is 1. The average Bonchev–Trinajstić information content (AvgIpc) is 2.46. The van der Waals surface area contributed by atoms with Crippen LogP contribution in [0.1, 0.15) is 12.5 Å². The molecule has 4 nitrogen and oxygen atoms in total. The van der Waals surface area contributed by atoms with Gasteiger partial charge in [-0.15, -0.1) is 0 Å². The molecule has 2 aromatic carbocycles. The fraction of sp³-hybridized carbons (Fsp3) is 0.188. The monoisotopic (exact) mass is 346 g/mol. The van der Waals surface area contributed by atoms with Crippen molar-refractivity contribution < 1.29 is 9.53 Å². The molecule has 0 saturated carbocycles. The molecular formula is C16H15BrN2O2. The Balaban J connectivity index is 1.99. The Labute approximate surface area is 131 Å². The summed E-state index contributed by atoms with van der Waals surface area (Å²) in [6, 6.07) is 13.2. The lowest BCUT2D eigenvalue weighted by atomic mass is 10.1. The van der Waals surface area contributed by atoms with Gasteiger partial charge in [-0.3, -0.25) is 4.79 Å². The standard InChI is InChI=1S/C16H15BrN2O2/c1-10-16(20)19(14-4-2-3-5-15(14)21-10)9-11-6-7-12(17)8-13(11)18/h2-8,10H,9,18H2,1H3. The maximum absolute atomic E-state index is 12.4. The van der Waals surface area contributed by atoms with Crippen LogP contribution in [0.15, 0.2) is 46.9 Å². The van der Waals surface area contributed by atoms with Crippen LogP contribution in [-0.4, -0.2) is 12.0 Å². The molecule has 0 saturated heterocycles. The van der Waals surface area contributed by atoms with Crippen molar-refractivity contribution in [1.82, 2.24) is 0 Å². The summed E-state index contributed by atoms with van der Waals surface area (Å²) < 4.78 is 6.55. The summed E-state index contributed by atoms with van der Waals surface area (Å²) >= 11 is 3.39. The van der Waals surface area contributed by atoms with Crippen LogP contribution in [0.4, 0.5) is 11.4 Å². The fourth-order valence-corrected chi connectivity index (χ4v) is 2.78. The normalized spacial score (nSPS) is 17.3. The third kappa shape index (κ3) is 2.61. The van der Waals surface area contributed by atoms with E-state index < -0.39 is 6.10 Å². The van der Waals surface area contributed by atoms with Crippen LogP contribution in [0.3, 0.4) is 0 Å². The van der Waals surface area contributed by atoms with Crippen LogP contribution >= 0.6 is 15.9 Å². The number of nitrogen functional groups attached to an aromatic ring is 1. The molecule has 2 N–H and O–H groups in total. The molecule has 108 valence electrons. The quantitative estimate of drug-likeness (QED) is 0.848. The zero-order valence-corrected chi connectivity index (χ0v) is 13.1. The zero-order valence-electron chi connectivity index (χ0n) is 11.5. The highest BCUT2D eigenvalue weighted by Gasteiger charge is 2.31. The largest absolute Gasteiger partial charge is 0.479 e. The van der Waals surface area contributed by atoms with Crippen molar-refractivity contribution in [1.29, 1.82) is 0 Å². The minimum absolute atomic E-state index is 0.0592. The summed E-state index contributed by atoms with van der Waals surface area (Å²) in [6.45, 7) is 2.19. The highest BCUT2D eigenvalue weighted by atomic mass is 79.9. The Hall–Kier alpha value is -2.01. The van der Waals surface area contributed by atoms with E-state index in [-0.39, 0.29) is 5.91 Å². The first-order valence-corrected chi connectivity index (χ1v) is 7.46. The second-order valence-corrected chi connectivity index (χ2v) is 5.91. The molecule has 1 aliphatic rings. The number of ether oxygens (including phenoxy) is 1. The van der Waals surface area contributed by atoms with Gasteiger partial charge < -0.3 is 15.4 Å². The van der Waals surface area contributed by atoms with Gasteiger partial charge in [0.2, 0.25) is 0 Å². The second kappa shape index (κ2) is 5.41. The van der Waals surface area contributed by atoms with Crippen molar-refractivity contribution in [3.63, 3.8) is 0 Å². The maximum Gasteiger partial charge on any atom is 0.268 e. The minimum Gasteiger partial charge on any atom is -0.479 e. The highest BCUT2D eigenvalue weighted by molar-refractivity contribution is 9.10. The first-order chi connectivity index (χ1) is 10.1. The Bertz CT molecular complexity index is 702. The van der Waals surface area contributed by atoms with Gasteiger partial charge in [-0.25, -0.2) is 0 Å². The number of fused-ring (bicyclic) bond motifs is 1. The van der Waals surface area contributed by atoms with Crippen LogP contribution in [0, 0.1) is 0 Å². The molecule has 5 heteroatoms. The summed E-state index contributed by atoms with van der Waals surface area (Å²) in [7, 11) is 0. The molecule has 0 aromatic heterocycles. The lowest BCUT2D eigenvalue weighted by Gasteiger charge is -2.33. The van der Waals surface area contributed by atoms with Crippen molar-refractivity contribution in [2.24, 2.45) is 0 Å². The second-order valence-electron chi connectivity index (χ2n) is 5.00. The number of nitrogens with zero attached hydrogens (tertiary/aromatic N) is 1. The highest BCUT2D eigenvalue weighted by Crippen LogP contribution is 2.35. The Kier molecular flexibility index (Phi) is 3.59. The third-order valence-electron chi connectivity index (χ3n) is 3.51. The number of para-hydroxylation sites is 2. The maximum atomic E-state index is 12.4. The van der Waals surface area contributed by atoms with E-state index in [0.29, 0.717) is 12.2 Å². The number of rotatable bonds is 2. The summed E-state index contributed by atoms with van der Waals surface area (Å²) in [5.74, 6) is 0.663. The van der Waals surface area contributed by atoms with Crippen molar-refractivity contribution in [2.75, 3.05) is 10.6 Å². The first-order valence-electron chi connectivity index (χ1n) is 6.67. The van der Waals surface area contributed by atoms with Gasteiger partial charge >= 0.3 is 0 Å². The molecule has 0 bridgehead atoms. The van der Waals surface area contributed by atoms with Gasteiger partial charge in [0.05, 0.1) is 12.2 Å². The number of amides is 1. The van der Waals surface area contributed by atoms with E-state index in [2.05, 4.69) is 15.9 Å². The van der Waals surface area contributed by atoms with E-state index in [4.69, 9.17) is 10.5 Å². The van der Waals surface area contributed by atoms with Crippen LogP contribution < -0.4 is 15.4 Å². The van der Waals surface area contributed by atoms with Crippen LogP contribution in [0.5, 0.6) is 5.75 Å². The van der Waals surface area contributed by atoms with E-state index in [1.807, 2.05) is 42.5 Å². The molecule has 1 amide bonds.